The van der Waals surface area contributed by atoms with E-state index in [1.165, 1.54) is 23.1 Å². The van der Waals surface area contributed by atoms with Crippen molar-refractivity contribution >= 4 is 23.4 Å². The molecular weight excluding hydrogens is 365 g/mol. The number of carbonyl (C=O) groups excluding carboxylic acids is 3. The monoisotopic (exact) mass is 389 g/mol. The highest BCUT2D eigenvalue weighted by atomic mass is 19.1. The zero-order valence-corrected chi connectivity index (χ0v) is 16.1. The highest BCUT2D eigenvalue weighted by Crippen LogP contribution is 2.53. The van der Waals surface area contributed by atoms with Crippen molar-refractivity contribution < 1.29 is 23.5 Å². The SMILES string of the molecule is COCCCN1C(=O)[C@@H]2[C@@H](C(C)C)N[C@@]3(C(=O)Nc4ccc(F)cc43)[C@@H]2C1=O. The van der Waals surface area contributed by atoms with Crippen LogP contribution in [0.15, 0.2) is 18.2 Å². The van der Waals surface area contributed by atoms with Gasteiger partial charge in [0.05, 0.1) is 11.8 Å². The Labute approximate surface area is 162 Å². The van der Waals surface area contributed by atoms with Crippen LogP contribution in [0.4, 0.5) is 10.1 Å². The first-order valence-corrected chi connectivity index (χ1v) is 9.56. The number of nitrogens with zero attached hydrogens (tertiary/aromatic N) is 1. The minimum absolute atomic E-state index is 0.00737. The molecule has 1 spiro atoms. The fourth-order valence-corrected chi connectivity index (χ4v) is 4.93. The molecule has 3 aliphatic heterocycles. The van der Waals surface area contributed by atoms with Crippen LogP contribution in [0.1, 0.15) is 25.8 Å². The summed E-state index contributed by atoms with van der Waals surface area (Å²) in [6.45, 7) is 4.56. The van der Waals surface area contributed by atoms with Gasteiger partial charge in [0.2, 0.25) is 17.7 Å². The number of imide groups is 1. The Kier molecular flexibility index (Phi) is 4.50. The van der Waals surface area contributed by atoms with Crippen molar-refractivity contribution in [2.75, 3.05) is 25.6 Å². The maximum Gasteiger partial charge on any atom is 0.250 e. The van der Waals surface area contributed by atoms with E-state index in [1.54, 1.807) is 7.11 Å². The lowest BCUT2D eigenvalue weighted by Crippen LogP contribution is -2.54. The third kappa shape index (κ3) is 2.44. The van der Waals surface area contributed by atoms with Crippen LogP contribution in [-0.2, 0) is 24.7 Å². The third-order valence-electron chi connectivity index (χ3n) is 6.15. The van der Waals surface area contributed by atoms with E-state index < -0.39 is 29.1 Å². The maximum absolute atomic E-state index is 14.0. The normalized spacial score (nSPS) is 31.1. The van der Waals surface area contributed by atoms with Crippen molar-refractivity contribution in [2.45, 2.75) is 31.8 Å². The summed E-state index contributed by atoms with van der Waals surface area (Å²) in [4.78, 5) is 40.8. The van der Waals surface area contributed by atoms with Crippen LogP contribution < -0.4 is 10.6 Å². The van der Waals surface area contributed by atoms with Gasteiger partial charge in [0.1, 0.15) is 11.4 Å². The molecule has 7 nitrogen and oxygen atoms in total. The van der Waals surface area contributed by atoms with Gasteiger partial charge in [-0.3, -0.25) is 24.6 Å². The largest absolute Gasteiger partial charge is 0.385 e. The average molecular weight is 389 g/mol. The van der Waals surface area contributed by atoms with Gasteiger partial charge in [-0.15, -0.1) is 0 Å². The lowest BCUT2D eigenvalue weighted by molar-refractivity contribution is -0.143. The van der Waals surface area contributed by atoms with Crippen LogP contribution >= 0.6 is 0 Å². The minimum Gasteiger partial charge on any atom is -0.385 e. The first-order chi connectivity index (χ1) is 13.3. The van der Waals surface area contributed by atoms with Crippen LogP contribution in [0.25, 0.3) is 0 Å². The summed E-state index contributed by atoms with van der Waals surface area (Å²) in [5.74, 6) is -3.09. The molecule has 1 aromatic carbocycles. The molecule has 0 bridgehead atoms. The fourth-order valence-electron chi connectivity index (χ4n) is 4.93. The predicted molar refractivity (Wildman–Crippen MR) is 98.7 cm³/mol. The maximum atomic E-state index is 14.0. The van der Waals surface area contributed by atoms with E-state index in [1.807, 2.05) is 13.8 Å². The number of anilines is 1. The van der Waals surface area contributed by atoms with E-state index in [4.69, 9.17) is 4.74 Å². The quantitative estimate of drug-likeness (QED) is 0.584. The second-order valence-corrected chi connectivity index (χ2v) is 8.04. The molecule has 8 heteroatoms. The van der Waals surface area contributed by atoms with E-state index >= 15 is 0 Å². The fraction of sp³-hybridized carbons (Fsp3) is 0.550. The second-order valence-electron chi connectivity index (χ2n) is 8.04. The van der Waals surface area contributed by atoms with Crippen LogP contribution in [0.2, 0.25) is 0 Å². The van der Waals surface area contributed by atoms with Gasteiger partial charge in [-0.25, -0.2) is 4.39 Å². The summed E-state index contributed by atoms with van der Waals surface area (Å²) in [5.41, 5.74) is -0.560. The lowest BCUT2D eigenvalue weighted by atomic mass is 9.76. The number of halogens is 1. The Morgan fingerprint density at radius 1 is 1.25 bits per heavy atom. The van der Waals surface area contributed by atoms with Crippen LogP contribution in [0.3, 0.4) is 0 Å². The Hall–Kier alpha value is -2.32. The molecule has 2 fully saturated rings. The molecule has 2 saturated heterocycles. The van der Waals surface area contributed by atoms with Crippen molar-refractivity contribution in [3.05, 3.63) is 29.6 Å². The number of methoxy groups -OCH3 is 1. The number of fused-ring (bicyclic) bond motifs is 4. The molecule has 1 aromatic rings. The highest BCUT2D eigenvalue weighted by Gasteiger charge is 2.70. The van der Waals surface area contributed by atoms with Crippen molar-refractivity contribution in [3.63, 3.8) is 0 Å². The van der Waals surface area contributed by atoms with Crippen molar-refractivity contribution in [2.24, 2.45) is 17.8 Å². The molecule has 3 amide bonds. The Bertz CT molecular complexity index is 858. The highest BCUT2D eigenvalue weighted by molar-refractivity contribution is 6.15. The summed E-state index contributed by atoms with van der Waals surface area (Å²) in [5, 5.41) is 6.04. The molecule has 0 saturated carbocycles. The van der Waals surface area contributed by atoms with Gasteiger partial charge >= 0.3 is 0 Å². The molecule has 3 heterocycles. The van der Waals surface area contributed by atoms with Gasteiger partial charge in [0, 0.05) is 37.6 Å². The summed E-state index contributed by atoms with van der Waals surface area (Å²) in [7, 11) is 1.56. The summed E-state index contributed by atoms with van der Waals surface area (Å²) in [6.07, 6.45) is 0.525. The Morgan fingerprint density at radius 2 is 2.00 bits per heavy atom. The number of rotatable bonds is 5. The second kappa shape index (κ2) is 6.63. The minimum atomic E-state index is -1.43. The van der Waals surface area contributed by atoms with E-state index in [0.717, 1.165) is 0 Å². The van der Waals surface area contributed by atoms with E-state index in [9.17, 15) is 18.8 Å². The summed E-state index contributed by atoms with van der Waals surface area (Å²) in [6, 6.07) is 3.68. The average Bonchev–Trinajstić information content (AvgIpc) is 3.23. The smallest absolute Gasteiger partial charge is 0.250 e. The van der Waals surface area contributed by atoms with Crippen LogP contribution in [-0.4, -0.2) is 48.9 Å². The number of benzene rings is 1. The zero-order valence-electron chi connectivity index (χ0n) is 16.1. The van der Waals surface area contributed by atoms with Gasteiger partial charge < -0.3 is 10.1 Å². The third-order valence-corrected chi connectivity index (χ3v) is 6.15. The molecule has 28 heavy (non-hydrogen) atoms. The predicted octanol–water partition coefficient (Wildman–Crippen LogP) is 1.24. The summed E-state index contributed by atoms with van der Waals surface area (Å²) >= 11 is 0. The Balaban J connectivity index is 1.81. The number of carbonyl (C=O) groups is 3. The zero-order chi connectivity index (χ0) is 20.2. The van der Waals surface area contributed by atoms with Crippen LogP contribution in [0.5, 0.6) is 0 Å². The molecule has 0 aromatic heterocycles. The molecule has 3 aliphatic rings. The standard InChI is InChI=1S/C20H24FN3O4/c1-10(2)16-14-15(18(26)24(17(14)25)7-4-8-28-3)20(23-16)12-9-11(21)5-6-13(12)22-19(20)27/h5-6,9-10,14-16,23H,4,7-8H2,1-3H3,(H,22,27)/t14-,15-,16+,20+/m0/s1. The van der Waals surface area contributed by atoms with E-state index in [0.29, 0.717) is 24.3 Å². The van der Waals surface area contributed by atoms with Crippen molar-refractivity contribution in [1.82, 2.24) is 10.2 Å². The molecule has 150 valence electrons. The molecule has 0 unspecified atom stereocenters. The molecular formula is C20H24FN3O4. The molecule has 4 atom stereocenters. The number of hydrogen-bond acceptors (Lipinski definition) is 5. The molecule has 2 N–H and O–H groups in total. The van der Waals surface area contributed by atoms with Crippen molar-refractivity contribution in [3.8, 4) is 0 Å². The first-order valence-electron chi connectivity index (χ1n) is 9.56. The molecule has 0 radical (unpaired) electrons. The number of likely N-dealkylation sites (tertiary alicyclic amines) is 1. The lowest BCUT2D eigenvalue weighted by Gasteiger charge is -2.30. The van der Waals surface area contributed by atoms with Gasteiger partial charge in [-0.2, -0.15) is 0 Å². The number of nitrogens with one attached hydrogen (secondary N) is 2. The number of hydrogen-bond donors (Lipinski definition) is 2. The number of amides is 3. The van der Waals surface area contributed by atoms with E-state index in [2.05, 4.69) is 10.6 Å². The first kappa shape index (κ1) is 19.0. The van der Waals surface area contributed by atoms with Crippen LogP contribution in [0, 0.1) is 23.6 Å². The van der Waals surface area contributed by atoms with Gasteiger partial charge in [-0.1, -0.05) is 13.8 Å². The van der Waals surface area contributed by atoms with Gasteiger partial charge in [0.25, 0.3) is 0 Å². The van der Waals surface area contributed by atoms with Gasteiger partial charge in [0.15, 0.2) is 0 Å². The Morgan fingerprint density at radius 3 is 2.68 bits per heavy atom. The topological polar surface area (TPSA) is 87.7 Å². The molecule has 4 rings (SSSR count). The van der Waals surface area contributed by atoms with E-state index in [-0.39, 0.29) is 30.3 Å². The summed E-state index contributed by atoms with van der Waals surface area (Å²) < 4.78 is 19.1. The van der Waals surface area contributed by atoms with Crippen molar-refractivity contribution in [1.29, 1.82) is 0 Å². The van der Waals surface area contributed by atoms with Gasteiger partial charge in [-0.05, 0) is 30.5 Å². The molecule has 0 aliphatic carbocycles. The number of ether oxygens (including phenoxy) is 1.